The summed E-state index contributed by atoms with van der Waals surface area (Å²) in [6.07, 6.45) is 1.23. The number of nitrogens with two attached hydrogens (primary N) is 1. The molecule has 3 N–H and O–H groups in total. The quantitative estimate of drug-likeness (QED) is 0.856. The highest BCUT2D eigenvalue weighted by atomic mass is 16.1. The van der Waals surface area contributed by atoms with Crippen LogP contribution in [0.2, 0.25) is 0 Å². The summed E-state index contributed by atoms with van der Waals surface area (Å²) in [5, 5.41) is 7.31. The lowest BCUT2D eigenvalue weighted by Crippen LogP contribution is -2.15. The number of hydrogen-bond donors (Lipinski definition) is 2. The van der Waals surface area contributed by atoms with E-state index in [1.165, 1.54) is 0 Å². The molecule has 1 aromatic heterocycles. The number of aromatic nitrogens is 2. The number of para-hydroxylation sites is 1. The second-order valence-corrected chi connectivity index (χ2v) is 5.16. The van der Waals surface area contributed by atoms with E-state index in [0.29, 0.717) is 13.0 Å². The van der Waals surface area contributed by atoms with E-state index in [-0.39, 0.29) is 5.91 Å². The molecule has 0 unspecified atom stereocenters. The van der Waals surface area contributed by atoms with Crippen LogP contribution < -0.4 is 11.1 Å². The van der Waals surface area contributed by atoms with E-state index in [0.717, 1.165) is 35.6 Å². The summed E-state index contributed by atoms with van der Waals surface area (Å²) in [5.41, 5.74) is 9.54. The molecule has 112 valence electrons. The minimum absolute atomic E-state index is 0.0115. The van der Waals surface area contributed by atoms with Crippen LogP contribution in [0.3, 0.4) is 0 Å². The molecule has 0 fully saturated rings. The summed E-state index contributed by atoms with van der Waals surface area (Å²) in [7, 11) is 0. The smallest absolute Gasteiger partial charge is 0.224 e. The van der Waals surface area contributed by atoms with Gasteiger partial charge in [0.25, 0.3) is 0 Å². The average molecular weight is 286 g/mol. The molecule has 0 aliphatic carbocycles. The van der Waals surface area contributed by atoms with Gasteiger partial charge in [0, 0.05) is 30.9 Å². The lowest BCUT2D eigenvalue weighted by Gasteiger charge is -2.09. The Balaban J connectivity index is 1.84. The van der Waals surface area contributed by atoms with Gasteiger partial charge in [-0.15, -0.1) is 0 Å². The standard InChI is InChI=1S/C16H22N4O/c1-12-10-13(2)20(19-12)9-5-8-16(21)18-15-7-4-3-6-14(15)11-17/h3-4,6-7,10H,5,8-9,11,17H2,1-2H3,(H,18,21). The summed E-state index contributed by atoms with van der Waals surface area (Å²) in [6, 6.07) is 9.65. The zero-order chi connectivity index (χ0) is 15.2. The molecule has 1 amide bonds. The van der Waals surface area contributed by atoms with Crippen molar-refractivity contribution in [1.82, 2.24) is 9.78 Å². The van der Waals surface area contributed by atoms with Crippen molar-refractivity contribution in [2.75, 3.05) is 5.32 Å². The molecule has 1 aromatic carbocycles. The summed E-state index contributed by atoms with van der Waals surface area (Å²) in [6.45, 7) is 5.17. The molecule has 0 bridgehead atoms. The molecule has 0 saturated heterocycles. The van der Waals surface area contributed by atoms with Crippen LogP contribution >= 0.6 is 0 Å². The lowest BCUT2D eigenvalue weighted by molar-refractivity contribution is -0.116. The fourth-order valence-corrected chi connectivity index (χ4v) is 2.32. The summed E-state index contributed by atoms with van der Waals surface area (Å²) in [5.74, 6) is 0.0115. The Morgan fingerprint density at radius 1 is 1.33 bits per heavy atom. The molecule has 0 saturated carbocycles. The van der Waals surface area contributed by atoms with Gasteiger partial charge < -0.3 is 11.1 Å². The zero-order valence-corrected chi connectivity index (χ0v) is 12.6. The Labute approximate surface area is 125 Å². The molecule has 0 aliphatic rings. The molecule has 2 aromatic rings. The van der Waals surface area contributed by atoms with Crippen LogP contribution in [-0.4, -0.2) is 15.7 Å². The number of carbonyl (C=O) groups excluding carboxylic acids is 1. The molecule has 5 heteroatoms. The van der Waals surface area contributed by atoms with Crippen molar-refractivity contribution >= 4 is 11.6 Å². The predicted octanol–water partition coefficient (Wildman–Crippen LogP) is 2.38. The molecule has 0 spiro atoms. The summed E-state index contributed by atoms with van der Waals surface area (Å²) in [4.78, 5) is 12.0. The maximum atomic E-state index is 12.0. The number of nitrogens with one attached hydrogen (secondary N) is 1. The van der Waals surface area contributed by atoms with Gasteiger partial charge in [0.05, 0.1) is 5.69 Å². The van der Waals surface area contributed by atoms with Crippen LogP contribution in [0.15, 0.2) is 30.3 Å². The minimum Gasteiger partial charge on any atom is -0.326 e. The zero-order valence-electron chi connectivity index (χ0n) is 12.6. The Morgan fingerprint density at radius 3 is 2.76 bits per heavy atom. The molecule has 0 atom stereocenters. The molecule has 0 radical (unpaired) electrons. The van der Waals surface area contributed by atoms with Gasteiger partial charge in [-0.25, -0.2) is 0 Å². The number of amides is 1. The molecule has 5 nitrogen and oxygen atoms in total. The van der Waals surface area contributed by atoms with E-state index < -0.39 is 0 Å². The third-order valence-electron chi connectivity index (χ3n) is 3.39. The number of carbonyl (C=O) groups is 1. The summed E-state index contributed by atoms with van der Waals surface area (Å²) < 4.78 is 1.94. The summed E-state index contributed by atoms with van der Waals surface area (Å²) >= 11 is 0. The van der Waals surface area contributed by atoms with E-state index >= 15 is 0 Å². The molecule has 1 heterocycles. The second-order valence-electron chi connectivity index (χ2n) is 5.16. The number of benzene rings is 1. The van der Waals surface area contributed by atoms with Crippen molar-refractivity contribution in [1.29, 1.82) is 0 Å². The van der Waals surface area contributed by atoms with Crippen molar-refractivity contribution < 1.29 is 4.79 Å². The number of rotatable bonds is 6. The van der Waals surface area contributed by atoms with Crippen LogP contribution in [0.1, 0.15) is 29.8 Å². The SMILES string of the molecule is Cc1cc(C)n(CCCC(=O)Nc2ccccc2CN)n1. The maximum Gasteiger partial charge on any atom is 0.224 e. The first-order chi connectivity index (χ1) is 10.1. The van der Waals surface area contributed by atoms with Crippen LogP contribution in [0.5, 0.6) is 0 Å². The van der Waals surface area contributed by atoms with Gasteiger partial charge in [0.1, 0.15) is 0 Å². The van der Waals surface area contributed by atoms with Crippen LogP contribution in [0.25, 0.3) is 0 Å². The van der Waals surface area contributed by atoms with E-state index in [9.17, 15) is 4.79 Å². The van der Waals surface area contributed by atoms with Gasteiger partial charge in [-0.1, -0.05) is 18.2 Å². The van der Waals surface area contributed by atoms with Gasteiger partial charge in [-0.3, -0.25) is 9.48 Å². The van der Waals surface area contributed by atoms with Crippen LogP contribution in [-0.2, 0) is 17.9 Å². The highest BCUT2D eigenvalue weighted by Crippen LogP contribution is 2.14. The van der Waals surface area contributed by atoms with Crippen molar-refractivity contribution in [3.8, 4) is 0 Å². The highest BCUT2D eigenvalue weighted by Gasteiger charge is 2.06. The van der Waals surface area contributed by atoms with Gasteiger partial charge in [0.15, 0.2) is 0 Å². The Kier molecular flexibility index (Phi) is 5.11. The Bertz CT molecular complexity index is 618. The average Bonchev–Trinajstić information content (AvgIpc) is 2.77. The third kappa shape index (κ3) is 4.16. The molecular formula is C16H22N4O. The fourth-order valence-electron chi connectivity index (χ4n) is 2.32. The van der Waals surface area contributed by atoms with Gasteiger partial charge in [-0.2, -0.15) is 5.10 Å². The van der Waals surface area contributed by atoms with Gasteiger partial charge in [-0.05, 0) is 38.0 Å². The van der Waals surface area contributed by atoms with E-state index in [2.05, 4.69) is 10.4 Å². The van der Waals surface area contributed by atoms with Crippen LogP contribution in [0, 0.1) is 13.8 Å². The van der Waals surface area contributed by atoms with Gasteiger partial charge in [0.2, 0.25) is 5.91 Å². The predicted molar refractivity (Wildman–Crippen MR) is 83.9 cm³/mol. The topological polar surface area (TPSA) is 72.9 Å². The number of nitrogens with zero attached hydrogens (tertiary/aromatic N) is 2. The van der Waals surface area contributed by atoms with Crippen molar-refractivity contribution in [2.45, 2.75) is 39.8 Å². The van der Waals surface area contributed by atoms with Crippen molar-refractivity contribution in [3.05, 3.63) is 47.3 Å². The van der Waals surface area contributed by atoms with Crippen molar-refractivity contribution in [3.63, 3.8) is 0 Å². The largest absolute Gasteiger partial charge is 0.326 e. The number of hydrogen-bond acceptors (Lipinski definition) is 3. The van der Waals surface area contributed by atoms with Crippen molar-refractivity contribution in [2.24, 2.45) is 5.73 Å². The number of aryl methyl sites for hydroxylation is 3. The van der Waals surface area contributed by atoms with Crippen LogP contribution in [0.4, 0.5) is 5.69 Å². The minimum atomic E-state index is 0.0115. The second kappa shape index (κ2) is 7.04. The molecule has 2 rings (SSSR count). The first kappa shape index (κ1) is 15.3. The van der Waals surface area contributed by atoms with E-state index in [4.69, 9.17) is 5.73 Å². The normalized spacial score (nSPS) is 10.6. The highest BCUT2D eigenvalue weighted by molar-refractivity contribution is 5.91. The Hall–Kier alpha value is -2.14. The first-order valence-corrected chi connectivity index (χ1v) is 7.19. The lowest BCUT2D eigenvalue weighted by atomic mass is 10.1. The Morgan fingerprint density at radius 2 is 2.10 bits per heavy atom. The van der Waals surface area contributed by atoms with E-state index in [1.807, 2.05) is 48.9 Å². The maximum absolute atomic E-state index is 12.0. The van der Waals surface area contributed by atoms with Gasteiger partial charge >= 0.3 is 0 Å². The van der Waals surface area contributed by atoms with E-state index in [1.54, 1.807) is 0 Å². The third-order valence-corrected chi connectivity index (χ3v) is 3.39. The monoisotopic (exact) mass is 286 g/mol. The number of anilines is 1. The molecule has 0 aliphatic heterocycles. The fraction of sp³-hybridized carbons (Fsp3) is 0.375. The molecule has 21 heavy (non-hydrogen) atoms. The first-order valence-electron chi connectivity index (χ1n) is 7.19. The molecular weight excluding hydrogens is 264 g/mol.